The maximum absolute atomic E-state index is 14.7. The first kappa shape index (κ1) is 39.5. The summed E-state index contributed by atoms with van der Waals surface area (Å²) in [4.78, 5) is 66.6. The van der Waals surface area contributed by atoms with Gasteiger partial charge in [-0.1, -0.05) is 33.1 Å². The van der Waals surface area contributed by atoms with Gasteiger partial charge in [0.25, 0.3) is 5.91 Å². The number of sulfonamides is 1. The highest BCUT2D eigenvalue weighted by molar-refractivity contribution is 7.91. The van der Waals surface area contributed by atoms with Crippen LogP contribution in [0.5, 0.6) is 11.6 Å². The fourth-order valence-electron chi connectivity index (χ4n) is 7.79. The summed E-state index contributed by atoms with van der Waals surface area (Å²) in [6.07, 6.45) is 4.95. The van der Waals surface area contributed by atoms with E-state index in [0.717, 1.165) is 19.3 Å². The average Bonchev–Trinajstić information content (AvgIpc) is 3.97. The molecular weight excluding hydrogens is 717 g/mol. The normalized spacial score (nSPS) is 30.1. The topological polar surface area (TPSA) is 195 Å². The number of alkyl carbamates (subject to hydrolysis) is 1. The zero-order chi connectivity index (χ0) is 39.2. The van der Waals surface area contributed by atoms with Crippen LogP contribution in [0.1, 0.15) is 99.3 Å². The van der Waals surface area contributed by atoms with Crippen LogP contribution >= 0.6 is 0 Å². The molecule has 54 heavy (non-hydrogen) atoms. The largest absolute Gasteiger partial charge is 0.497 e. The highest BCUT2D eigenvalue weighted by Crippen LogP contribution is 2.49. The summed E-state index contributed by atoms with van der Waals surface area (Å²) in [5.74, 6) is -1.48. The van der Waals surface area contributed by atoms with Gasteiger partial charge in [0.2, 0.25) is 27.7 Å². The van der Waals surface area contributed by atoms with Gasteiger partial charge in [0.05, 0.1) is 35.6 Å². The molecule has 3 N–H and O–H groups in total. The van der Waals surface area contributed by atoms with Crippen LogP contribution in [0, 0.1) is 17.8 Å². The fourth-order valence-corrected chi connectivity index (χ4v) is 9.10. The van der Waals surface area contributed by atoms with Crippen LogP contribution in [-0.2, 0) is 29.1 Å². The lowest BCUT2D eigenvalue weighted by Crippen LogP contribution is -2.59. The molecule has 0 radical (unpaired) electrons. The fraction of sp³-hybridized carbons (Fsp3) is 0.684. The highest BCUT2D eigenvalue weighted by Gasteiger charge is 2.63. The Morgan fingerprint density at radius 1 is 1.06 bits per heavy atom. The predicted molar refractivity (Wildman–Crippen MR) is 199 cm³/mol. The highest BCUT2D eigenvalue weighted by atomic mass is 32.2. The van der Waals surface area contributed by atoms with Crippen LogP contribution in [0.2, 0.25) is 0 Å². The number of aromatic nitrogens is 2. The number of nitrogens with one attached hydrogen (secondary N) is 3. The molecule has 2 aliphatic carbocycles. The van der Waals surface area contributed by atoms with Crippen molar-refractivity contribution in [2.24, 2.45) is 17.8 Å². The Kier molecular flexibility index (Phi) is 10.8. The first-order valence-corrected chi connectivity index (χ1v) is 20.5. The molecular formula is C38H54N6O9S. The molecule has 0 bridgehead atoms. The van der Waals surface area contributed by atoms with Gasteiger partial charge < -0.3 is 29.7 Å². The molecule has 4 amide bonds. The zero-order valence-corrected chi connectivity index (χ0v) is 33.1. The molecule has 0 spiro atoms. The minimum Gasteiger partial charge on any atom is -0.497 e. The minimum atomic E-state index is -3.97. The van der Waals surface area contributed by atoms with Crippen LogP contribution in [0.25, 0.3) is 11.0 Å². The van der Waals surface area contributed by atoms with E-state index in [9.17, 15) is 27.6 Å². The molecule has 4 aliphatic rings. The molecule has 2 aromatic rings. The van der Waals surface area contributed by atoms with Crippen molar-refractivity contribution in [3.05, 3.63) is 24.4 Å². The van der Waals surface area contributed by atoms with Gasteiger partial charge in [-0.15, -0.1) is 0 Å². The summed E-state index contributed by atoms with van der Waals surface area (Å²) >= 11 is 0. The summed E-state index contributed by atoms with van der Waals surface area (Å²) in [6.45, 7) is 10.8. The number of hydrogen-bond acceptors (Lipinski definition) is 11. The molecule has 6 rings (SSSR count). The lowest BCUT2D eigenvalue weighted by atomic mass is 9.87. The van der Waals surface area contributed by atoms with Gasteiger partial charge in [0.15, 0.2) is 0 Å². The Morgan fingerprint density at radius 3 is 2.46 bits per heavy atom. The van der Waals surface area contributed by atoms with E-state index in [1.807, 2.05) is 6.92 Å². The maximum Gasteiger partial charge on any atom is 0.408 e. The SMILES string of the molecule is COc1ccc2ncc(O[C@@H]3C[C@H]4C(=O)N[C@]5(C(=O)NS(=O)(=O)C6(C)CC6)C[C@H]5CCCC[C@@H](C)C[C@@H](C)[C@H](NC(=O)OC(C)(C)C)C(=O)N4C3)nc2c1. The van der Waals surface area contributed by atoms with Crippen LogP contribution in [0.15, 0.2) is 24.4 Å². The molecule has 2 aliphatic heterocycles. The Bertz CT molecular complexity index is 1900. The van der Waals surface area contributed by atoms with E-state index in [0.29, 0.717) is 42.5 Å². The van der Waals surface area contributed by atoms with Gasteiger partial charge in [0.1, 0.15) is 35.1 Å². The van der Waals surface area contributed by atoms with Crippen LogP contribution in [0.3, 0.4) is 0 Å². The Balaban J connectivity index is 1.32. The number of benzene rings is 1. The van der Waals surface area contributed by atoms with E-state index in [1.165, 1.54) is 11.1 Å². The van der Waals surface area contributed by atoms with Crippen LogP contribution < -0.4 is 24.8 Å². The molecule has 296 valence electrons. The van der Waals surface area contributed by atoms with E-state index in [2.05, 4.69) is 32.2 Å². The lowest BCUT2D eigenvalue weighted by Gasteiger charge is -2.33. The monoisotopic (exact) mass is 770 g/mol. The molecule has 15 nitrogen and oxygen atoms in total. The minimum absolute atomic E-state index is 0.0289. The lowest BCUT2D eigenvalue weighted by molar-refractivity contribution is -0.142. The van der Waals surface area contributed by atoms with E-state index in [1.54, 1.807) is 53.0 Å². The number of fused-ring (bicyclic) bond motifs is 3. The van der Waals surface area contributed by atoms with Crippen molar-refractivity contribution >= 4 is 44.9 Å². The van der Waals surface area contributed by atoms with Gasteiger partial charge in [-0.05, 0) is 89.7 Å². The van der Waals surface area contributed by atoms with Crippen molar-refractivity contribution in [3.63, 3.8) is 0 Å². The van der Waals surface area contributed by atoms with Gasteiger partial charge in [0, 0.05) is 12.5 Å². The van der Waals surface area contributed by atoms with Gasteiger partial charge in [-0.25, -0.2) is 23.2 Å². The van der Waals surface area contributed by atoms with E-state index >= 15 is 0 Å². The second-order valence-electron chi connectivity index (χ2n) is 17.0. The molecule has 4 fully saturated rings. The van der Waals surface area contributed by atoms with Gasteiger partial charge >= 0.3 is 6.09 Å². The van der Waals surface area contributed by atoms with Crippen LogP contribution in [-0.4, -0.2) is 94.8 Å². The predicted octanol–water partition coefficient (Wildman–Crippen LogP) is 3.99. The third-order valence-corrected chi connectivity index (χ3v) is 13.5. The van der Waals surface area contributed by atoms with Gasteiger partial charge in [-0.3, -0.25) is 19.1 Å². The molecule has 7 atom stereocenters. The molecule has 0 unspecified atom stereocenters. The van der Waals surface area contributed by atoms with Crippen molar-refractivity contribution in [2.45, 2.75) is 133 Å². The number of amides is 4. The average molecular weight is 771 g/mol. The molecule has 2 saturated carbocycles. The van der Waals surface area contributed by atoms with Crippen molar-refractivity contribution in [1.82, 2.24) is 30.2 Å². The van der Waals surface area contributed by atoms with E-state index in [-0.39, 0.29) is 43.0 Å². The Morgan fingerprint density at radius 2 is 1.78 bits per heavy atom. The van der Waals surface area contributed by atoms with Crippen LogP contribution in [0.4, 0.5) is 4.79 Å². The van der Waals surface area contributed by atoms with Gasteiger partial charge in [-0.2, -0.15) is 0 Å². The number of nitrogens with zero attached hydrogens (tertiary/aromatic N) is 3. The number of methoxy groups -OCH3 is 1. The Hall–Kier alpha value is -4.21. The summed E-state index contributed by atoms with van der Waals surface area (Å²) in [6, 6.07) is 3.11. The number of hydrogen-bond donors (Lipinski definition) is 3. The second kappa shape index (κ2) is 14.8. The van der Waals surface area contributed by atoms with Crippen molar-refractivity contribution in [2.75, 3.05) is 13.7 Å². The third kappa shape index (κ3) is 8.52. The molecule has 16 heteroatoms. The maximum atomic E-state index is 14.7. The summed E-state index contributed by atoms with van der Waals surface area (Å²) in [5.41, 5.74) is -1.11. The number of carbonyl (C=O) groups is 4. The first-order valence-electron chi connectivity index (χ1n) is 19.0. The summed E-state index contributed by atoms with van der Waals surface area (Å²) in [5, 5.41) is 5.74. The number of carbonyl (C=O) groups excluding carboxylic acids is 4. The quantitative estimate of drug-likeness (QED) is 0.369. The van der Waals surface area contributed by atoms with Crippen molar-refractivity contribution in [1.29, 1.82) is 0 Å². The molecule has 1 aromatic carbocycles. The summed E-state index contributed by atoms with van der Waals surface area (Å²) in [7, 11) is -2.43. The Labute approximate surface area is 317 Å². The molecule has 1 aromatic heterocycles. The summed E-state index contributed by atoms with van der Waals surface area (Å²) < 4.78 is 44.8. The number of ether oxygens (including phenoxy) is 3. The van der Waals surface area contributed by atoms with E-state index in [4.69, 9.17) is 14.2 Å². The zero-order valence-electron chi connectivity index (χ0n) is 32.3. The molecule has 3 heterocycles. The smallest absolute Gasteiger partial charge is 0.408 e. The van der Waals surface area contributed by atoms with Crippen molar-refractivity contribution in [3.8, 4) is 11.6 Å². The first-order chi connectivity index (χ1) is 25.3. The van der Waals surface area contributed by atoms with Crippen molar-refractivity contribution < 1.29 is 41.8 Å². The molecule has 2 saturated heterocycles. The second-order valence-corrected chi connectivity index (χ2v) is 19.2. The number of rotatable bonds is 7. The van der Waals surface area contributed by atoms with E-state index < -0.39 is 67.9 Å². The third-order valence-electron chi connectivity index (χ3n) is 11.3. The standard InChI is InChI=1S/C38H54N6O9S/c1-22-10-8-9-11-24-19-38(24,34(47)43-54(49,50)37(6)14-15-37)42-32(45)29-18-26(52-30-20-39-27-13-12-25(51-7)17-28(27)40-30)21-44(29)33(46)31(23(2)16-22)41-35(48)53-36(3,4)5/h12-13,17,20,22-24,26,29,31H,8-11,14-16,18-19,21H2,1-7H3,(H,41,48)(H,42,45)(H,43,47)/t22-,23-,24-,26-,29+,31+,38-/m1/s1.